The van der Waals surface area contributed by atoms with Gasteiger partial charge in [0.25, 0.3) is 0 Å². The van der Waals surface area contributed by atoms with Gasteiger partial charge in [-0.05, 0) is 23.3 Å². The van der Waals surface area contributed by atoms with Crippen molar-refractivity contribution in [1.82, 2.24) is 5.43 Å². The van der Waals surface area contributed by atoms with Gasteiger partial charge in [0, 0.05) is 11.8 Å². The number of hydrogen-bond acceptors (Lipinski definition) is 4. The average molecular weight is 254 g/mol. The first-order valence-electron chi connectivity index (χ1n) is 5.87. The molecule has 1 atom stereocenters. The van der Waals surface area contributed by atoms with Gasteiger partial charge in [-0.3, -0.25) is 11.3 Å². The Morgan fingerprint density at radius 3 is 2.65 bits per heavy atom. The van der Waals surface area contributed by atoms with Crippen LogP contribution in [-0.4, -0.2) is 24.2 Å². The highest BCUT2D eigenvalue weighted by Gasteiger charge is 2.11. The molecule has 0 heterocycles. The zero-order chi connectivity index (χ0) is 12.7. The molecule has 1 aromatic rings. The standard InChI is InChI=1S/C13H22N2OS/c1-10(2)17-9-12(15-14)8-11-6-4-5-7-13(11)16-3/h4-7,10,12,15H,8-9,14H2,1-3H3. The SMILES string of the molecule is COc1ccccc1CC(CSC(C)C)NN. The van der Waals surface area contributed by atoms with Crippen molar-refractivity contribution in [2.45, 2.75) is 31.6 Å². The van der Waals surface area contributed by atoms with E-state index in [-0.39, 0.29) is 6.04 Å². The molecule has 0 aliphatic heterocycles. The molecule has 0 amide bonds. The fourth-order valence-electron chi connectivity index (χ4n) is 1.61. The summed E-state index contributed by atoms with van der Waals surface area (Å²) in [6.07, 6.45) is 0.889. The van der Waals surface area contributed by atoms with Crippen molar-refractivity contribution in [3.63, 3.8) is 0 Å². The predicted octanol–water partition coefficient (Wildman–Crippen LogP) is 2.21. The number of nitrogens with one attached hydrogen (secondary N) is 1. The highest BCUT2D eigenvalue weighted by atomic mass is 32.2. The third kappa shape index (κ3) is 4.98. The first-order chi connectivity index (χ1) is 8.17. The molecule has 0 bridgehead atoms. The van der Waals surface area contributed by atoms with E-state index in [9.17, 15) is 0 Å². The summed E-state index contributed by atoms with van der Waals surface area (Å²) in [5.41, 5.74) is 4.08. The van der Waals surface area contributed by atoms with E-state index in [1.807, 2.05) is 30.0 Å². The minimum Gasteiger partial charge on any atom is -0.496 e. The van der Waals surface area contributed by atoms with E-state index in [2.05, 4.69) is 25.3 Å². The fraction of sp³-hybridized carbons (Fsp3) is 0.538. The summed E-state index contributed by atoms with van der Waals surface area (Å²) < 4.78 is 5.34. The molecule has 1 rings (SSSR count). The topological polar surface area (TPSA) is 47.3 Å². The number of ether oxygens (including phenoxy) is 1. The second-order valence-corrected chi connectivity index (χ2v) is 5.87. The van der Waals surface area contributed by atoms with Crippen LogP contribution >= 0.6 is 11.8 Å². The average Bonchev–Trinajstić information content (AvgIpc) is 2.34. The highest BCUT2D eigenvalue weighted by molar-refractivity contribution is 7.99. The molecule has 3 N–H and O–H groups in total. The van der Waals surface area contributed by atoms with Gasteiger partial charge in [-0.15, -0.1) is 0 Å². The van der Waals surface area contributed by atoms with Crippen LogP contribution in [0.1, 0.15) is 19.4 Å². The van der Waals surface area contributed by atoms with E-state index >= 15 is 0 Å². The van der Waals surface area contributed by atoms with Gasteiger partial charge in [-0.1, -0.05) is 32.0 Å². The Hall–Kier alpha value is -0.710. The lowest BCUT2D eigenvalue weighted by atomic mass is 10.1. The van der Waals surface area contributed by atoms with Crippen molar-refractivity contribution in [3.8, 4) is 5.75 Å². The summed E-state index contributed by atoms with van der Waals surface area (Å²) in [6.45, 7) is 4.39. The summed E-state index contributed by atoms with van der Waals surface area (Å²) in [5, 5.41) is 0.628. The van der Waals surface area contributed by atoms with E-state index < -0.39 is 0 Å². The Balaban J connectivity index is 2.60. The minimum atomic E-state index is 0.277. The molecule has 1 aromatic carbocycles. The highest BCUT2D eigenvalue weighted by Crippen LogP contribution is 2.20. The third-order valence-electron chi connectivity index (χ3n) is 2.53. The molecular weight excluding hydrogens is 232 g/mol. The molecule has 4 heteroatoms. The minimum absolute atomic E-state index is 0.277. The van der Waals surface area contributed by atoms with Crippen LogP contribution < -0.4 is 16.0 Å². The molecule has 0 radical (unpaired) electrons. The maximum Gasteiger partial charge on any atom is 0.122 e. The third-order valence-corrected chi connectivity index (χ3v) is 3.79. The predicted molar refractivity (Wildman–Crippen MR) is 75.4 cm³/mol. The van der Waals surface area contributed by atoms with Crippen LogP contribution in [0.15, 0.2) is 24.3 Å². The summed E-state index contributed by atoms with van der Waals surface area (Å²) in [5.74, 6) is 7.53. The Kier molecular flexibility index (Phi) is 6.40. The summed E-state index contributed by atoms with van der Waals surface area (Å²) in [4.78, 5) is 0. The van der Waals surface area contributed by atoms with Gasteiger partial charge in [0.05, 0.1) is 7.11 Å². The number of para-hydroxylation sites is 1. The fourth-order valence-corrected chi connectivity index (χ4v) is 2.44. The van der Waals surface area contributed by atoms with Crippen LogP contribution in [0.25, 0.3) is 0 Å². The van der Waals surface area contributed by atoms with E-state index in [1.54, 1.807) is 7.11 Å². The zero-order valence-electron chi connectivity index (χ0n) is 10.8. The largest absolute Gasteiger partial charge is 0.496 e. The molecule has 96 valence electrons. The van der Waals surface area contributed by atoms with Crippen LogP contribution in [0.5, 0.6) is 5.75 Å². The molecule has 17 heavy (non-hydrogen) atoms. The zero-order valence-corrected chi connectivity index (χ0v) is 11.6. The van der Waals surface area contributed by atoms with Crippen LogP contribution in [0.3, 0.4) is 0 Å². The molecule has 0 aliphatic rings. The summed E-state index contributed by atoms with van der Waals surface area (Å²) >= 11 is 1.91. The molecular formula is C13H22N2OS. The van der Waals surface area contributed by atoms with E-state index in [4.69, 9.17) is 10.6 Å². The van der Waals surface area contributed by atoms with Crippen LogP contribution in [0.4, 0.5) is 0 Å². The summed E-state index contributed by atoms with van der Waals surface area (Å²) in [7, 11) is 1.70. The van der Waals surface area contributed by atoms with Crippen molar-refractivity contribution in [3.05, 3.63) is 29.8 Å². The van der Waals surface area contributed by atoms with Crippen LogP contribution in [0, 0.1) is 0 Å². The van der Waals surface area contributed by atoms with Gasteiger partial charge in [0.15, 0.2) is 0 Å². The molecule has 0 aliphatic carbocycles. The van der Waals surface area contributed by atoms with Crippen molar-refractivity contribution in [1.29, 1.82) is 0 Å². The Morgan fingerprint density at radius 1 is 1.35 bits per heavy atom. The van der Waals surface area contributed by atoms with Crippen LogP contribution in [-0.2, 0) is 6.42 Å². The van der Waals surface area contributed by atoms with Gasteiger partial charge in [0.1, 0.15) is 5.75 Å². The molecule has 0 saturated carbocycles. The Labute approximate surface area is 108 Å². The lowest BCUT2D eigenvalue weighted by Gasteiger charge is -2.18. The van der Waals surface area contributed by atoms with Crippen molar-refractivity contribution in [2.75, 3.05) is 12.9 Å². The molecule has 0 aromatic heterocycles. The number of nitrogens with two attached hydrogens (primary N) is 1. The maximum absolute atomic E-state index is 5.59. The number of hydrazine groups is 1. The number of methoxy groups -OCH3 is 1. The van der Waals surface area contributed by atoms with E-state index in [1.165, 1.54) is 5.56 Å². The quantitative estimate of drug-likeness (QED) is 0.578. The van der Waals surface area contributed by atoms with Crippen molar-refractivity contribution >= 4 is 11.8 Å². The molecule has 1 unspecified atom stereocenters. The van der Waals surface area contributed by atoms with Gasteiger partial charge >= 0.3 is 0 Å². The van der Waals surface area contributed by atoms with Gasteiger partial charge in [-0.25, -0.2) is 0 Å². The molecule has 3 nitrogen and oxygen atoms in total. The van der Waals surface area contributed by atoms with E-state index in [0.717, 1.165) is 17.9 Å². The number of hydrogen-bond donors (Lipinski definition) is 2. The van der Waals surface area contributed by atoms with Crippen molar-refractivity contribution < 1.29 is 4.74 Å². The second-order valence-electron chi connectivity index (χ2n) is 4.26. The molecule has 0 spiro atoms. The lowest BCUT2D eigenvalue weighted by molar-refractivity contribution is 0.406. The van der Waals surface area contributed by atoms with Gasteiger partial charge < -0.3 is 4.74 Å². The van der Waals surface area contributed by atoms with Crippen LogP contribution in [0.2, 0.25) is 0 Å². The van der Waals surface area contributed by atoms with Gasteiger partial charge in [-0.2, -0.15) is 11.8 Å². The second kappa shape index (κ2) is 7.58. The Bertz CT molecular complexity index is 331. The number of thioether (sulfide) groups is 1. The normalized spacial score (nSPS) is 12.8. The monoisotopic (exact) mass is 254 g/mol. The smallest absolute Gasteiger partial charge is 0.122 e. The number of rotatable bonds is 7. The van der Waals surface area contributed by atoms with Gasteiger partial charge in [0.2, 0.25) is 0 Å². The number of benzene rings is 1. The lowest BCUT2D eigenvalue weighted by Crippen LogP contribution is -2.39. The molecule has 0 saturated heterocycles. The summed E-state index contributed by atoms with van der Waals surface area (Å²) in [6, 6.07) is 8.36. The maximum atomic E-state index is 5.59. The first kappa shape index (κ1) is 14.4. The Morgan fingerprint density at radius 2 is 2.06 bits per heavy atom. The first-order valence-corrected chi connectivity index (χ1v) is 6.91. The molecule has 0 fully saturated rings. The van der Waals surface area contributed by atoms with E-state index in [0.29, 0.717) is 5.25 Å². The van der Waals surface area contributed by atoms with Crippen molar-refractivity contribution in [2.24, 2.45) is 5.84 Å².